The second kappa shape index (κ2) is 8.72. The van der Waals surface area contributed by atoms with Crippen molar-refractivity contribution in [1.29, 1.82) is 0 Å². The highest BCUT2D eigenvalue weighted by Gasteiger charge is 2.39. The SMILES string of the molecule is CCCC1CCC(C2CCC3CC(O/C=C(/C)F)CCC3C2)CC1. The third kappa shape index (κ3) is 4.76. The molecule has 0 aromatic heterocycles. The van der Waals surface area contributed by atoms with Gasteiger partial charge in [-0.2, -0.15) is 0 Å². The summed E-state index contributed by atoms with van der Waals surface area (Å²) in [4.78, 5) is 0. The largest absolute Gasteiger partial charge is 0.495 e. The third-order valence-electron chi connectivity index (χ3n) is 7.28. The van der Waals surface area contributed by atoms with Crippen LogP contribution in [0.5, 0.6) is 0 Å². The minimum atomic E-state index is -0.209. The molecule has 0 amide bonds. The summed E-state index contributed by atoms with van der Waals surface area (Å²) in [5.41, 5.74) is 0. The van der Waals surface area contributed by atoms with E-state index in [2.05, 4.69) is 6.92 Å². The van der Waals surface area contributed by atoms with E-state index >= 15 is 0 Å². The third-order valence-corrected chi connectivity index (χ3v) is 7.28. The topological polar surface area (TPSA) is 9.23 Å². The highest BCUT2D eigenvalue weighted by molar-refractivity contribution is 4.90. The van der Waals surface area contributed by atoms with E-state index in [1.807, 2.05) is 0 Å². The number of allylic oxidation sites excluding steroid dienone is 1. The van der Waals surface area contributed by atoms with E-state index in [-0.39, 0.29) is 11.9 Å². The molecule has 1 nitrogen and oxygen atoms in total. The summed E-state index contributed by atoms with van der Waals surface area (Å²) in [6.45, 7) is 3.80. The zero-order chi connectivity index (χ0) is 16.9. The number of hydrogen-bond acceptors (Lipinski definition) is 1. The Morgan fingerprint density at radius 3 is 2.12 bits per heavy atom. The molecule has 4 unspecified atom stereocenters. The smallest absolute Gasteiger partial charge is 0.131 e. The quantitative estimate of drug-likeness (QED) is 0.490. The van der Waals surface area contributed by atoms with Crippen LogP contribution in [-0.4, -0.2) is 6.10 Å². The highest BCUT2D eigenvalue weighted by Crippen LogP contribution is 2.48. The summed E-state index contributed by atoms with van der Waals surface area (Å²) >= 11 is 0. The molecule has 0 saturated heterocycles. The van der Waals surface area contributed by atoms with Gasteiger partial charge in [-0.3, -0.25) is 0 Å². The number of fused-ring (bicyclic) bond motifs is 1. The van der Waals surface area contributed by atoms with E-state index in [1.165, 1.54) is 77.4 Å². The van der Waals surface area contributed by atoms with Crippen molar-refractivity contribution >= 4 is 0 Å². The fourth-order valence-electron chi connectivity index (χ4n) is 5.98. The maximum atomic E-state index is 12.9. The molecule has 3 fully saturated rings. The zero-order valence-electron chi connectivity index (χ0n) is 15.8. The molecule has 3 aliphatic rings. The first-order chi connectivity index (χ1) is 11.7. The number of rotatable bonds is 5. The van der Waals surface area contributed by atoms with Crippen LogP contribution in [0.3, 0.4) is 0 Å². The number of halogens is 1. The van der Waals surface area contributed by atoms with Gasteiger partial charge in [-0.25, -0.2) is 4.39 Å². The van der Waals surface area contributed by atoms with Crippen LogP contribution < -0.4 is 0 Å². The van der Waals surface area contributed by atoms with Gasteiger partial charge in [0.15, 0.2) is 0 Å². The van der Waals surface area contributed by atoms with Gasteiger partial charge in [0, 0.05) is 0 Å². The predicted octanol–water partition coefficient (Wildman–Crippen LogP) is 7.03. The molecule has 4 atom stereocenters. The summed E-state index contributed by atoms with van der Waals surface area (Å²) in [5, 5.41) is 0. The molecule has 0 aromatic rings. The molecule has 0 heterocycles. The first kappa shape index (κ1) is 18.3. The molecule has 3 rings (SSSR count). The minimum Gasteiger partial charge on any atom is -0.495 e. The number of ether oxygens (including phenoxy) is 1. The van der Waals surface area contributed by atoms with E-state index in [0.29, 0.717) is 0 Å². The van der Waals surface area contributed by atoms with E-state index in [0.717, 1.165) is 42.4 Å². The molecular weight excluding hydrogens is 299 g/mol. The Hall–Kier alpha value is -0.530. The van der Waals surface area contributed by atoms with Gasteiger partial charge in [0.05, 0.1) is 6.10 Å². The Morgan fingerprint density at radius 1 is 0.875 bits per heavy atom. The van der Waals surface area contributed by atoms with Crippen LogP contribution in [0.2, 0.25) is 0 Å². The van der Waals surface area contributed by atoms with Gasteiger partial charge >= 0.3 is 0 Å². The van der Waals surface area contributed by atoms with Crippen LogP contribution in [0.4, 0.5) is 4.39 Å². The molecule has 2 heteroatoms. The van der Waals surface area contributed by atoms with Gasteiger partial charge in [0.1, 0.15) is 12.1 Å². The summed E-state index contributed by atoms with van der Waals surface area (Å²) < 4.78 is 18.5. The van der Waals surface area contributed by atoms with E-state index in [1.54, 1.807) is 0 Å². The standard InChI is InChI=1S/C22H37FO/c1-3-4-17-5-7-18(8-6-17)19-9-10-21-14-22(24-15-16(2)23)12-11-20(21)13-19/h15,17-22H,3-14H2,1-2H3/b16-15-. The van der Waals surface area contributed by atoms with Crippen LogP contribution in [0.1, 0.15) is 90.9 Å². The van der Waals surface area contributed by atoms with Crippen molar-refractivity contribution in [3.8, 4) is 0 Å². The molecule has 3 aliphatic carbocycles. The summed E-state index contributed by atoms with van der Waals surface area (Å²) in [6.07, 6.45) is 18.3. The maximum Gasteiger partial charge on any atom is 0.131 e. The fraction of sp³-hybridized carbons (Fsp3) is 0.909. The minimum absolute atomic E-state index is 0.209. The molecule has 0 spiro atoms. The first-order valence-corrected chi connectivity index (χ1v) is 10.6. The zero-order valence-corrected chi connectivity index (χ0v) is 15.8. The van der Waals surface area contributed by atoms with Crippen molar-refractivity contribution in [2.45, 2.75) is 97.0 Å². The van der Waals surface area contributed by atoms with Crippen molar-refractivity contribution < 1.29 is 9.13 Å². The molecule has 0 aliphatic heterocycles. The number of hydrogen-bond donors (Lipinski definition) is 0. The maximum absolute atomic E-state index is 12.9. The van der Waals surface area contributed by atoms with Gasteiger partial charge in [-0.05, 0) is 87.9 Å². The molecule has 0 radical (unpaired) electrons. The van der Waals surface area contributed by atoms with Gasteiger partial charge < -0.3 is 4.74 Å². The lowest BCUT2D eigenvalue weighted by atomic mass is 9.62. The molecule has 138 valence electrons. The van der Waals surface area contributed by atoms with Crippen molar-refractivity contribution in [3.05, 3.63) is 12.1 Å². The highest BCUT2D eigenvalue weighted by atomic mass is 19.1. The van der Waals surface area contributed by atoms with Gasteiger partial charge in [0.2, 0.25) is 0 Å². The van der Waals surface area contributed by atoms with Crippen molar-refractivity contribution in [3.63, 3.8) is 0 Å². The average molecular weight is 337 g/mol. The lowest BCUT2D eigenvalue weighted by Crippen LogP contribution is -2.36. The second-order valence-corrected chi connectivity index (χ2v) is 8.94. The molecule has 0 bridgehead atoms. The Kier molecular flexibility index (Phi) is 6.63. The summed E-state index contributed by atoms with van der Waals surface area (Å²) in [5.74, 6) is 4.60. The Labute approximate surface area is 148 Å². The van der Waals surface area contributed by atoms with Crippen LogP contribution in [0.15, 0.2) is 12.1 Å². The Morgan fingerprint density at radius 2 is 1.46 bits per heavy atom. The lowest BCUT2D eigenvalue weighted by molar-refractivity contribution is 0.0102. The van der Waals surface area contributed by atoms with E-state index in [9.17, 15) is 4.39 Å². The van der Waals surface area contributed by atoms with Crippen LogP contribution in [0, 0.1) is 29.6 Å². The van der Waals surface area contributed by atoms with Gasteiger partial charge in [-0.1, -0.05) is 32.6 Å². The van der Waals surface area contributed by atoms with Gasteiger partial charge in [-0.15, -0.1) is 0 Å². The van der Waals surface area contributed by atoms with Crippen molar-refractivity contribution in [1.82, 2.24) is 0 Å². The second-order valence-electron chi connectivity index (χ2n) is 8.94. The fourth-order valence-corrected chi connectivity index (χ4v) is 5.98. The summed E-state index contributed by atoms with van der Waals surface area (Å²) in [7, 11) is 0. The van der Waals surface area contributed by atoms with Crippen LogP contribution in [0.25, 0.3) is 0 Å². The summed E-state index contributed by atoms with van der Waals surface area (Å²) in [6, 6.07) is 0. The normalized spacial score (nSPS) is 40.9. The molecule has 0 aromatic carbocycles. The first-order valence-electron chi connectivity index (χ1n) is 10.6. The Bertz CT molecular complexity index is 406. The van der Waals surface area contributed by atoms with Crippen LogP contribution >= 0.6 is 0 Å². The van der Waals surface area contributed by atoms with E-state index < -0.39 is 0 Å². The molecular formula is C22H37FO. The van der Waals surface area contributed by atoms with E-state index in [4.69, 9.17) is 4.74 Å². The monoisotopic (exact) mass is 336 g/mol. The van der Waals surface area contributed by atoms with Crippen LogP contribution in [-0.2, 0) is 4.74 Å². The molecule has 0 N–H and O–H groups in total. The molecule has 24 heavy (non-hydrogen) atoms. The lowest BCUT2D eigenvalue weighted by Gasteiger charge is -2.45. The van der Waals surface area contributed by atoms with Crippen molar-refractivity contribution in [2.24, 2.45) is 29.6 Å². The molecule has 3 saturated carbocycles. The van der Waals surface area contributed by atoms with Crippen molar-refractivity contribution in [2.75, 3.05) is 0 Å². The Balaban J connectivity index is 1.44. The predicted molar refractivity (Wildman–Crippen MR) is 98.3 cm³/mol. The average Bonchev–Trinajstić information content (AvgIpc) is 2.60. The van der Waals surface area contributed by atoms with Gasteiger partial charge in [0.25, 0.3) is 0 Å².